The molecule has 0 aliphatic rings. The molecule has 0 fully saturated rings. The van der Waals surface area contributed by atoms with Crippen molar-refractivity contribution in [3.63, 3.8) is 0 Å². The average molecular weight is 127 g/mol. The first-order valence-corrected chi connectivity index (χ1v) is 3.32. The molecule has 0 aliphatic heterocycles. The summed E-state index contributed by atoms with van der Waals surface area (Å²) in [6.45, 7) is 0. The van der Waals surface area contributed by atoms with Crippen molar-refractivity contribution in [1.82, 2.24) is 0 Å². The van der Waals surface area contributed by atoms with E-state index < -0.39 is 0 Å². The lowest BCUT2D eigenvalue weighted by Crippen LogP contribution is -1.67. The molecule has 0 bridgehead atoms. The van der Waals surface area contributed by atoms with Gasteiger partial charge in [-0.05, 0) is 0 Å². The zero-order chi connectivity index (χ0) is 6.81. The van der Waals surface area contributed by atoms with Gasteiger partial charge in [-0.3, -0.25) is 0 Å². The van der Waals surface area contributed by atoms with Gasteiger partial charge in [0, 0.05) is 0 Å². The number of fused-ring (bicyclic) bond motifs is 1. The van der Waals surface area contributed by atoms with Crippen molar-refractivity contribution >= 4 is 10.8 Å². The van der Waals surface area contributed by atoms with E-state index in [4.69, 9.17) is 0 Å². The van der Waals surface area contributed by atoms with Crippen molar-refractivity contribution in [2.45, 2.75) is 0 Å². The Hall–Kier alpha value is -1.30. The van der Waals surface area contributed by atoms with E-state index in [1.165, 1.54) is 10.8 Å². The Bertz CT molecular complexity index is 271. The van der Waals surface area contributed by atoms with Crippen LogP contribution in [0.2, 0.25) is 0 Å². The van der Waals surface area contributed by atoms with E-state index in [0.29, 0.717) is 0 Å². The Morgan fingerprint density at radius 3 is 2.50 bits per heavy atom. The van der Waals surface area contributed by atoms with Gasteiger partial charge in [-0.25, -0.2) is 0 Å². The van der Waals surface area contributed by atoms with Crippen molar-refractivity contribution in [1.29, 1.82) is 0 Å². The third kappa shape index (κ3) is 0.781. The SMILES string of the molecule is [c-]1ccc2ccccc2c1. The zero-order valence-electron chi connectivity index (χ0n) is 5.54. The molecule has 0 aromatic heterocycles. The Balaban J connectivity index is 2.89. The van der Waals surface area contributed by atoms with Gasteiger partial charge in [0.2, 0.25) is 0 Å². The van der Waals surface area contributed by atoms with Crippen molar-refractivity contribution in [2.24, 2.45) is 0 Å². The minimum Gasteiger partial charge on any atom is -0.183 e. The van der Waals surface area contributed by atoms with Gasteiger partial charge in [0.1, 0.15) is 0 Å². The molecule has 0 amide bonds. The Labute approximate surface area is 60.1 Å². The van der Waals surface area contributed by atoms with E-state index >= 15 is 0 Å². The first-order chi connectivity index (χ1) is 4.97. The fourth-order valence-corrected chi connectivity index (χ4v) is 1.07. The fraction of sp³-hybridized carbons (Fsp3) is 0. The monoisotopic (exact) mass is 127 g/mol. The summed E-state index contributed by atoms with van der Waals surface area (Å²) in [6.07, 6.45) is 0. The van der Waals surface area contributed by atoms with Crippen molar-refractivity contribution in [3.8, 4) is 0 Å². The van der Waals surface area contributed by atoms with Crippen LogP contribution in [-0.4, -0.2) is 0 Å². The summed E-state index contributed by atoms with van der Waals surface area (Å²) in [5.41, 5.74) is 0. The highest BCUT2D eigenvalue weighted by Crippen LogP contribution is 2.10. The second-order valence-corrected chi connectivity index (χ2v) is 2.27. The summed E-state index contributed by atoms with van der Waals surface area (Å²) in [5.74, 6) is 0. The van der Waals surface area contributed by atoms with Crippen molar-refractivity contribution in [2.75, 3.05) is 0 Å². The van der Waals surface area contributed by atoms with E-state index in [0.717, 1.165) is 0 Å². The van der Waals surface area contributed by atoms with Gasteiger partial charge in [0.25, 0.3) is 0 Å². The molecule has 0 heterocycles. The standard InChI is InChI=1S/C10H7/c1-2-6-10-8-4-3-7-9(10)5-1/h1-3,5-8H/q-1. The Kier molecular flexibility index (Phi) is 1.17. The van der Waals surface area contributed by atoms with Crippen LogP contribution < -0.4 is 0 Å². The first-order valence-electron chi connectivity index (χ1n) is 3.32. The van der Waals surface area contributed by atoms with Gasteiger partial charge in [-0.2, -0.15) is 24.3 Å². The van der Waals surface area contributed by atoms with Crippen LogP contribution in [0.15, 0.2) is 42.5 Å². The predicted octanol–water partition coefficient (Wildman–Crippen LogP) is 2.64. The molecule has 0 aliphatic carbocycles. The van der Waals surface area contributed by atoms with Crippen LogP contribution in [0.5, 0.6) is 0 Å². The quantitative estimate of drug-likeness (QED) is 0.477. The first kappa shape index (κ1) is 5.48. The molecule has 10 heavy (non-hydrogen) atoms. The molecular formula is C10H7-. The van der Waals surface area contributed by atoms with Crippen molar-refractivity contribution < 1.29 is 0 Å². The molecule has 48 valence electrons. The highest BCUT2D eigenvalue weighted by atomic mass is 13.9. The molecule has 0 saturated heterocycles. The van der Waals surface area contributed by atoms with Crippen LogP contribution in [0, 0.1) is 6.07 Å². The van der Waals surface area contributed by atoms with Crippen LogP contribution in [0.1, 0.15) is 0 Å². The largest absolute Gasteiger partial charge is 0.183 e. The summed E-state index contributed by atoms with van der Waals surface area (Å²) < 4.78 is 0. The molecule has 0 nitrogen and oxygen atoms in total. The van der Waals surface area contributed by atoms with E-state index in [2.05, 4.69) is 24.3 Å². The van der Waals surface area contributed by atoms with E-state index in [1.807, 2.05) is 24.3 Å². The highest BCUT2D eigenvalue weighted by molar-refractivity contribution is 5.81. The maximum atomic E-state index is 3.04. The van der Waals surface area contributed by atoms with Gasteiger partial charge in [0.05, 0.1) is 0 Å². The van der Waals surface area contributed by atoms with E-state index in [1.54, 1.807) is 0 Å². The molecule has 2 aromatic rings. The maximum absolute atomic E-state index is 3.04. The summed E-state index contributed by atoms with van der Waals surface area (Å²) in [7, 11) is 0. The van der Waals surface area contributed by atoms with Crippen LogP contribution in [0.25, 0.3) is 10.8 Å². The number of hydrogen-bond donors (Lipinski definition) is 0. The summed E-state index contributed by atoms with van der Waals surface area (Å²) in [6, 6.07) is 17.3. The minimum absolute atomic E-state index is 1.25. The fourth-order valence-electron chi connectivity index (χ4n) is 1.07. The Morgan fingerprint density at radius 1 is 0.900 bits per heavy atom. The maximum Gasteiger partial charge on any atom is -0.0648 e. The number of hydrogen-bond acceptors (Lipinski definition) is 0. The molecule has 0 heteroatoms. The highest BCUT2D eigenvalue weighted by Gasteiger charge is 1.76. The Morgan fingerprint density at radius 2 is 1.70 bits per heavy atom. The lowest BCUT2D eigenvalue weighted by atomic mass is 10.1. The smallest absolute Gasteiger partial charge is 0.0648 e. The van der Waals surface area contributed by atoms with Gasteiger partial charge >= 0.3 is 0 Å². The third-order valence-corrected chi connectivity index (χ3v) is 1.59. The molecular weight excluding hydrogens is 120 g/mol. The second-order valence-electron chi connectivity index (χ2n) is 2.27. The summed E-state index contributed by atoms with van der Waals surface area (Å²) in [5, 5.41) is 2.53. The minimum atomic E-state index is 1.25. The van der Waals surface area contributed by atoms with Gasteiger partial charge in [-0.15, -0.1) is 16.8 Å². The molecule has 0 N–H and O–H groups in total. The molecule has 0 atom stereocenters. The summed E-state index contributed by atoms with van der Waals surface area (Å²) in [4.78, 5) is 0. The third-order valence-electron chi connectivity index (χ3n) is 1.59. The van der Waals surface area contributed by atoms with Crippen LogP contribution in [0.4, 0.5) is 0 Å². The lowest BCUT2D eigenvalue weighted by Gasteiger charge is -2.01. The van der Waals surface area contributed by atoms with Crippen LogP contribution in [0.3, 0.4) is 0 Å². The molecule has 0 radical (unpaired) electrons. The van der Waals surface area contributed by atoms with Crippen LogP contribution in [-0.2, 0) is 0 Å². The molecule has 2 aromatic carbocycles. The molecule has 2 rings (SSSR count). The van der Waals surface area contributed by atoms with E-state index in [9.17, 15) is 0 Å². The summed E-state index contributed by atoms with van der Waals surface area (Å²) >= 11 is 0. The van der Waals surface area contributed by atoms with Gasteiger partial charge in [-0.1, -0.05) is 18.2 Å². The molecule has 0 spiro atoms. The molecule has 0 unspecified atom stereocenters. The second kappa shape index (κ2) is 2.14. The zero-order valence-corrected chi connectivity index (χ0v) is 5.54. The molecule has 0 saturated carbocycles. The number of benzene rings is 2. The van der Waals surface area contributed by atoms with Crippen molar-refractivity contribution in [3.05, 3.63) is 48.5 Å². The van der Waals surface area contributed by atoms with Gasteiger partial charge < -0.3 is 0 Å². The van der Waals surface area contributed by atoms with Crippen LogP contribution >= 0.6 is 0 Å². The average Bonchev–Trinajstić information content (AvgIpc) is 2.05. The van der Waals surface area contributed by atoms with Gasteiger partial charge in [0.15, 0.2) is 0 Å². The number of rotatable bonds is 0. The normalized spacial score (nSPS) is 10.0. The predicted molar refractivity (Wildman–Crippen MR) is 42.8 cm³/mol. The topological polar surface area (TPSA) is 0 Å². The van der Waals surface area contributed by atoms with E-state index in [-0.39, 0.29) is 0 Å². The lowest BCUT2D eigenvalue weighted by molar-refractivity contribution is 1.74.